The fourth-order valence-electron chi connectivity index (χ4n) is 3.77. The minimum atomic E-state index is -0.0203. The monoisotopic (exact) mass is 376 g/mol. The molecule has 6 nitrogen and oxygen atoms in total. The Morgan fingerprint density at radius 3 is 2.56 bits per heavy atom. The Morgan fingerprint density at radius 1 is 1.22 bits per heavy atom. The van der Waals surface area contributed by atoms with Gasteiger partial charge in [0.2, 0.25) is 11.8 Å². The summed E-state index contributed by atoms with van der Waals surface area (Å²) < 4.78 is 11.2. The Kier molecular flexibility index (Phi) is 6.94. The van der Waals surface area contributed by atoms with E-state index in [1.807, 2.05) is 30.9 Å². The molecule has 1 aromatic rings. The van der Waals surface area contributed by atoms with Crippen molar-refractivity contribution < 1.29 is 18.7 Å². The van der Waals surface area contributed by atoms with Crippen molar-refractivity contribution in [3.8, 4) is 0 Å². The number of rotatable bonds is 10. The zero-order chi connectivity index (χ0) is 19.2. The van der Waals surface area contributed by atoms with Crippen molar-refractivity contribution in [2.75, 3.05) is 19.7 Å². The van der Waals surface area contributed by atoms with Crippen molar-refractivity contribution in [3.63, 3.8) is 0 Å². The van der Waals surface area contributed by atoms with Gasteiger partial charge in [0.15, 0.2) is 0 Å². The second kappa shape index (κ2) is 9.40. The van der Waals surface area contributed by atoms with Gasteiger partial charge >= 0.3 is 0 Å². The first-order valence-electron chi connectivity index (χ1n) is 10.3. The third-order valence-corrected chi connectivity index (χ3v) is 5.64. The maximum Gasteiger partial charge on any atom is 0.242 e. The van der Waals surface area contributed by atoms with Crippen LogP contribution in [-0.2, 0) is 20.9 Å². The van der Waals surface area contributed by atoms with E-state index >= 15 is 0 Å². The average Bonchev–Trinajstić information content (AvgIpc) is 3.14. The van der Waals surface area contributed by atoms with E-state index in [2.05, 4.69) is 0 Å². The topological polar surface area (TPSA) is 63.0 Å². The molecule has 2 heterocycles. The van der Waals surface area contributed by atoms with Gasteiger partial charge in [0.05, 0.1) is 18.9 Å². The van der Waals surface area contributed by atoms with Gasteiger partial charge in [-0.25, -0.2) is 0 Å². The molecule has 6 heteroatoms. The quantitative estimate of drug-likeness (QED) is 0.629. The minimum Gasteiger partial charge on any atom is -0.467 e. The average molecular weight is 376 g/mol. The van der Waals surface area contributed by atoms with Gasteiger partial charge in [0, 0.05) is 25.1 Å². The molecule has 3 rings (SSSR count). The zero-order valence-electron chi connectivity index (χ0n) is 16.6. The molecule has 2 aliphatic rings. The van der Waals surface area contributed by atoms with Crippen LogP contribution in [0.4, 0.5) is 0 Å². The maximum atomic E-state index is 13.1. The molecule has 0 aromatic carbocycles. The van der Waals surface area contributed by atoms with Gasteiger partial charge < -0.3 is 19.0 Å². The molecule has 2 amide bonds. The van der Waals surface area contributed by atoms with E-state index in [9.17, 15) is 9.59 Å². The van der Waals surface area contributed by atoms with Crippen molar-refractivity contribution in [2.45, 2.75) is 71.1 Å². The Morgan fingerprint density at radius 2 is 2.00 bits per heavy atom. The van der Waals surface area contributed by atoms with Crippen LogP contribution >= 0.6 is 0 Å². The summed E-state index contributed by atoms with van der Waals surface area (Å²) in [6.07, 6.45) is 7.35. The number of ether oxygens (including phenoxy) is 1. The molecule has 27 heavy (non-hydrogen) atoms. The van der Waals surface area contributed by atoms with Crippen LogP contribution in [-0.4, -0.2) is 53.5 Å². The molecular weight excluding hydrogens is 344 g/mol. The summed E-state index contributed by atoms with van der Waals surface area (Å²) in [4.78, 5) is 29.7. The van der Waals surface area contributed by atoms with E-state index in [0.29, 0.717) is 13.1 Å². The fourth-order valence-corrected chi connectivity index (χ4v) is 3.77. The largest absolute Gasteiger partial charge is 0.467 e. The third kappa shape index (κ3) is 5.34. The Hall–Kier alpha value is -1.82. The van der Waals surface area contributed by atoms with Gasteiger partial charge in [-0.1, -0.05) is 13.8 Å². The lowest BCUT2D eigenvalue weighted by Crippen LogP contribution is -2.47. The molecule has 0 N–H and O–H groups in total. The number of hydrogen-bond donors (Lipinski definition) is 0. The Balaban J connectivity index is 1.68. The molecule has 1 aliphatic carbocycles. The van der Waals surface area contributed by atoms with Gasteiger partial charge in [0.25, 0.3) is 0 Å². The number of amides is 2. The highest BCUT2D eigenvalue weighted by Gasteiger charge is 2.37. The van der Waals surface area contributed by atoms with E-state index in [1.165, 1.54) is 0 Å². The Bertz CT molecular complexity index is 602. The highest BCUT2D eigenvalue weighted by Crippen LogP contribution is 2.29. The van der Waals surface area contributed by atoms with Crippen molar-refractivity contribution in [1.82, 2.24) is 9.80 Å². The van der Waals surface area contributed by atoms with E-state index in [0.717, 1.165) is 50.9 Å². The lowest BCUT2D eigenvalue weighted by atomic mass is 10.0. The van der Waals surface area contributed by atoms with Crippen molar-refractivity contribution in [3.05, 3.63) is 24.2 Å². The van der Waals surface area contributed by atoms with Crippen LogP contribution in [0, 0.1) is 5.92 Å². The van der Waals surface area contributed by atoms with Crippen molar-refractivity contribution in [2.24, 2.45) is 5.92 Å². The summed E-state index contributed by atoms with van der Waals surface area (Å²) >= 11 is 0. The van der Waals surface area contributed by atoms with Crippen LogP contribution in [0.2, 0.25) is 0 Å². The van der Waals surface area contributed by atoms with Crippen LogP contribution in [0.3, 0.4) is 0 Å². The smallest absolute Gasteiger partial charge is 0.242 e. The van der Waals surface area contributed by atoms with Gasteiger partial charge in [0.1, 0.15) is 12.3 Å². The normalized spacial score (nSPS) is 19.4. The van der Waals surface area contributed by atoms with Gasteiger partial charge in [-0.15, -0.1) is 0 Å². The van der Waals surface area contributed by atoms with Gasteiger partial charge in [-0.05, 0) is 50.7 Å². The first-order chi connectivity index (χ1) is 13.1. The van der Waals surface area contributed by atoms with Gasteiger partial charge in [-0.3, -0.25) is 9.59 Å². The molecule has 2 fully saturated rings. The molecule has 150 valence electrons. The summed E-state index contributed by atoms with van der Waals surface area (Å²) in [5.41, 5.74) is 0. The summed E-state index contributed by atoms with van der Waals surface area (Å²) in [6.45, 7) is 5.97. The predicted molar refractivity (Wildman–Crippen MR) is 102 cm³/mol. The molecule has 1 atom stereocenters. The van der Waals surface area contributed by atoms with Crippen LogP contribution in [0.25, 0.3) is 0 Å². The third-order valence-electron chi connectivity index (χ3n) is 5.64. The summed E-state index contributed by atoms with van der Waals surface area (Å²) in [7, 11) is 0. The van der Waals surface area contributed by atoms with Crippen LogP contribution in [0.5, 0.6) is 0 Å². The lowest BCUT2D eigenvalue weighted by Gasteiger charge is -2.30. The lowest BCUT2D eigenvalue weighted by molar-refractivity contribution is -0.144. The predicted octanol–water partition coefficient (Wildman–Crippen LogP) is 3.21. The van der Waals surface area contributed by atoms with E-state index < -0.39 is 0 Å². The fraction of sp³-hybridized carbons (Fsp3) is 0.714. The van der Waals surface area contributed by atoms with Crippen LogP contribution in [0.1, 0.15) is 58.1 Å². The molecule has 1 saturated carbocycles. The van der Waals surface area contributed by atoms with Gasteiger partial charge in [-0.2, -0.15) is 0 Å². The first kappa shape index (κ1) is 19.9. The summed E-state index contributed by atoms with van der Waals surface area (Å²) in [5.74, 6) is 0.875. The summed E-state index contributed by atoms with van der Waals surface area (Å²) in [6, 6.07) is 3.94. The van der Waals surface area contributed by atoms with E-state index in [1.54, 1.807) is 11.2 Å². The van der Waals surface area contributed by atoms with Crippen molar-refractivity contribution >= 4 is 11.8 Å². The van der Waals surface area contributed by atoms with Crippen LogP contribution < -0.4 is 0 Å². The van der Waals surface area contributed by atoms with Crippen LogP contribution in [0.15, 0.2) is 22.8 Å². The number of carbonyl (C=O) groups excluding carboxylic acids is 2. The second-order valence-corrected chi connectivity index (χ2v) is 7.70. The van der Waals surface area contributed by atoms with Crippen molar-refractivity contribution in [1.29, 1.82) is 0 Å². The first-order valence-corrected chi connectivity index (χ1v) is 10.3. The number of nitrogens with zero attached hydrogens (tertiary/aromatic N) is 2. The standard InChI is InChI=1S/C21H32N2O4/c1-3-16(4-2)21(25)23(17-9-10-17)15-20(24)22(13-18-7-5-11-26-18)14-19-8-6-12-27-19/h5,7,11,16-17,19H,3-4,6,8-10,12-15H2,1-2H3. The molecule has 1 aromatic heterocycles. The minimum absolute atomic E-state index is 0.00934. The number of furan rings is 1. The molecule has 1 saturated heterocycles. The van der Waals surface area contributed by atoms with E-state index in [4.69, 9.17) is 9.15 Å². The zero-order valence-corrected chi connectivity index (χ0v) is 16.6. The number of hydrogen-bond acceptors (Lipinski definition) is 4. The molecule has 0 radical (unpaired) electrons. The molecule has 1 aliphatic heterocycles. The van der Waals surface area contributed by atoms with E-state index in [-0.39, 0.29) is 36.4 Å². The highest BCUT2D eigenvalue weighted by molar-refractivity contribution is 5.86. The molecule has 0 spiro atoms. The number of carbonyl (C=O) groups is 2. The SMILES string of the molecule is CCC(CC)C(=O)N(CC(=O)N(Cc1ccco1)CC1CCCO1)C1CC1. The molecule has 0 bridgehead atoms. The highest BCUT2D eigenvalue weighted by atomic mass is 16.5. The second-order valence-electron chi connectivity index (χ2n) is 7.70. The Labute approximate surface area is 161 Å². The summed E-state index contributed by atoms with van der Waals surface area (Å²) in [5, 5.41) is 0. The molecule has 1 unspecified atom stereocenters. The maximum absolute atomic E-state index is 13.1. The molecular formula is C21H32N2O4.